The van der Waals surface area contributed by atoms with Crippen LogP contribution in [0.15, 0.2) is 5.16 Å². The number of amidine groups is 1. The van der Waals surface area contributed by atoms with E-state index in [1.807, 2.05) is 25.8 Å². The Morgan fingerprint density at radius 2 is 2.11 bits per heavy atom. The molecule has 0 aromatic carbocycles. The number of rotatable bonds is 9. The summed E-state index contributed by atoms with van der Waals surface area (Å²) in [5.41, 5.74) is 5.31. The number of hydrogen-bond donors (Lipinski definition) is 3. The zero-order chi connectivity index (χ0) is 14.2. The molecule has 0 spiro atoms. The Labute approximate surface area is 109 Å². The van der Waals surface area contributed by atoms with Crippen molar-refractivity contribution in [3.8, 4) is 0 Å². The monoisotopic (exact) mass is 261 g/mol. The summed E-state index contributed by atoms with van der Waals surface area (Å²) in [7, 11) is 3.53. The molecule has 0 rings (SSSR count). The first-order valence-electron chi connectivity index (χ1n) is 6.17. The fourth-order valence-corrected chi connectivity index (χ4v) is 1.75. The van der Waals surface area contributed by atoms with Crippen LogP contribution in [0.25, 0.3) is 0 Å². The van der Waals surface area contributed by atoms with E-state index in [-0.39, 0.29) is 11.3 Å². The zero-order valence-electron chi connectivity index (χ0n) is 11.9. The highest BCUT2D eigenvalue weighted by Crippen LogP contribution is 2.22. The third kappa shape index (κ3) is 6.78. The number of ether oxygens (including phenoxy) is 1. The van der Waals surface area contributed by atoms with Crippen LogP contribution in [0.1, 0.15) is 26.7 Å². The van der Waals surface area contributed by atoms with E-state index in [1.54, 1.807) is 7.11 Å². The Hall–Kier alpha value is -0.850. The molecule has 4 N–H and O–H groups in total. The predicted molar refractivity (Wildman–Crippen MR) is 71.8 cm³/mol. The summed E-state index contributed by atoms with van der Waals surface area (Å²) >= 11 is 0. The van der Waals surface area contributed by atoms with E-state index in [0.29, 0.717) is 13.2 Å². The second kappa shape index (κ2) is 8.29. The fourth-order valence-electron chi connectivity index (χ4n) is 1.75. The largest absolute Gasteiger partial charge is 0.409 e. The first kappa shape index (κ1) is 17.2. The SMILES string of the molecule is COCC(O)CN(C)CCCC(C)(C)C(N)=NO. The molecule has 1 unspecified atom stereocenters. The number of oxime groups is 1. The Kier molecular flexibility index (Phi) is 7.90. The smallest absolute Gasteiger partial charge is 0.144 e. The normalized spacial score (nSPS) is 15.1. The van der Waals surface area contributed by atoms with Crippen molar-refractivity contribution in [2.45, 2.75) is 32.8 Å². The van der Waals surface area contributed by atoms with Gasteiger partial charge in [0.1, 0.15) is 5.84 Å². The van der Waals surface area contributed by atoms with Gasteiger partial charge >= 0.3 is 0 Å². The number of likely N-dealkylation sites (N-methyl/N-ethyl adjacent to an activating group) is 1. The minimum atomic E-state index is -0.461. The van der Waals surface area contributed by atoms with E-state index in [2.05, 4.69) is 5.16 Å². The van der Waals surface area contributed by atoms with Gasteiger partial charge < -0.3 is 25.7 Å². The maximum atomic E-state index is 9.57. The molecule has 0 aromatic rings. The van der Waals surface area contributed by atoms with Gasteiger partial charge in [0.2, 0.25) is 0 Å². The third-order valence-electron chi connectivity index (χ3n) is 3.02. The lowest BCUT2D eigenvalue weighted by Gasteiger charge is -2.25. The topological polar surface area (TPSA) is 91.3 Å². The number of aliphatic hydroxyl groups excluding tert-OH is 1. The van der Waals surface area contributed by atoms with Crippen LogP contribution >= 0.6 is 0 Å². The van der Waals surface area contributed by atoms with E-state index in [1.165, 1.54) is 0 Å². The Morgan fingerprint density at radius 3 is 2.61 bits per heavy atom. The van der Waals surface area contributed by atoms with Gasteiger partial charge in [-0.2, -0.15) is 0 Å². The molecule has 0 aliphatic carbocycles. The Balaban J connectivity index is 3.90. The summed E-state index contributed by atoms with van der Waals surface area (Å²) in [6, 6.07) is 0. The van der Waals surface area contributed by atoms with E-state index >= 15 is 0 Å². The average Bonchev–Trinajstić information content (AvgIpc) is 2.27. The lowest BCUT2D eigenvalue weighted by molar-refractivity contribution is 0.0427. The van der Waals surface area contributed by atoms with Crippen molar-refractivity contribution >= 4 is 5.84 Å². The molecule has 1 atom stereocenters. The van der Waals surface area contributed by atoms with Crippen LogP contribution in [0.2, 0.25) is 0 Å². The number of aliphatic hydroxyl groups is 1. The lowest BCUT2D eigenvalue weighted by Crippen LogP contribution is -2.35. The van der Waals surface area contributed by atoms with Crippen LogP contribution in [-0.4, -0.2) is 61.0 Å². The van der Waals surface area contributed by atoms with Crippen molar-refractivity contribution in [1.82, 2.24) is 4.90 Å². The van der Waals surface area contributed by atoms with Gasteiger partial charge in [0.25, 0.3) is 0 Å². The molecule has 0 aliphatic heterocycles. The summed E-state index contributed by atoms with van der Waals surface area (Å²) < 4.78 is 4.87. The number of methoxy groups -OCH3 is 1. The van der Waals surface area contributed by atoms with Gasteiger partial charge in [-0.1, -0.05) is 19.0 Å². The maximum absolute atomic E-state index is 9.57. The average molecular weight is 261 g/mol. The lowest BCUT2D eigenvalue weighted by atomic mass is 9.86. The van der Waals surface area contributed by atoms with Gasteiger partial charge in [0, 0.05) is 19.1 Å². The van der Waals surface area contributed by atoms with Crippen molar-refractivity contribution < 1.29 is 15.1 Å². The fraction of sp³-hybridized carbons (Fsp3) is 0.917. The van der Waals surface area contributed by atoms with Crippen molar-refractivity contribution in [3.63, 3.8) is 0 Å². The number of nitrogens with two attached hydrogens (primary N) is 1. The molecule has 0 amide bonds. The predicted octanol–water partition coefficient (Wildman–Crippen LogP) is 0.478. The van der Waals surface area contributed by atoms with Crippen LogP contribution in [0.5, 0.6) is 0 Å². The van der Waals surface area contributed by atoms with E-state index in [0.717, 1.165) is 19.4 Å². The number of hydrogen-bond acceptors (Lipinski definition) is 5. The molecule has 0 heterocycles. The Bertz CT molecular complexity index is 257. The first-order chi connectivity index (χ1) is 8.33. The molecule has 0 radical (unpaired) electrons. The van der Waals surface area contributed by atoms with E-state index in [9.17, 15) is 5.11 Å². The summed E-state index contributed by atoms with van der Waals surface area (Å²) in [6.07, 6.45) is 1.28. The summed E-state index contributed by atoms with van der Waals surface area (Å²) in [5.74, 6) is 0.254. The molecular weight excluding hydrogens is 234 g/mol. The van der Waals surface area contributed by atoms with Gasteiger partial charge in [-0.25, -0.2) is 0 Å². The molecule has 0 fully saturated rings. The molecule has 0 saturated heterocycles. The van der Waals surface area contributed by atoms with Crippen molar-refractivity contribution in [2.24, 2.45) is 16.3 Å². The minimum absolute atomic E-state index is 0.254. The van der Waals surface area contributed by atoms with Crippen LogP contribution in [-0.2, 0) is 4.74 Å². The van der Waals surface area contributed by atoms with Crippen molar-refractivity contribution in [3.05, 3.63) is 0 Å². The Morgan fingerprint density at radius 1 is 1.50 bits per heavy atom. The van der Waals surface area contributed by atoms with Gasteiger partial charge in [0.15, 0.2) is 0 Å². The molecule has 0 saturated carbocycles. The summed E-state index contributed by atoms with van der Waals surface area (Å²) in [6.45, 7) is 5.67. The van der Waals surface area contributed by atoms with Crippen LogP contribution in [0.3, 0.4) is 0 Å². The third-order valence-corrected chi connectivity index (χ3v) is 3.02. The zero-order valence-corrected chi connectivity index (χ0v) is 11.9. The molecule has 0 aromatic heterocycles. The molecule has 0 bridgehead atoms. The van der Waals surface area contributed by atoms with Crippen molar-refractivity contribution in [2.75, 3.05) is 33.9 Å². The van der Waals surface area contributed by atoms with Gasteiger partial charge in [-0.05, 0) is 26.4 Å². The van der Waals surface area contributed by atoms with Crippen molar-refractivity contribution in [1.29, 1.82) is 0 Å². The standard InChI is InChI=1S/C12H27N3O3/c1-12(2,11(13)14-17)6-5-7-15(3)8-10(16)9-18-4/h10,16-17H,5-9H2,1-4H3,(H2,13,14). The van der Waals surface area contributed by atoms with Crippen LogP contribution < -0.4 is 5.73 Å². The van der Waals surface area contributed by atoms with E-state index in [4.69, 9.17) is 15.7 Å². The quantitative estimate of drug-likeness (QED) is 0.243. The van der Waals surface area contributed by atoms with Gasteiger partial charge in [-0.3, -0.25) is 0 Å². The molecule has 18 heavy (non-hydrogen) atoms. The second-order valence-electron chi connectivity index (χ2n) is 5.34. The summed E-state index contributed by atoms with van der Waals surface area (Å²) in [5, 5.41) is 21.3. The van der Waals surface area contributed by atoms with Crippen LogP contribution in [0, 0.1) is 5.41 Å². The second-order valence-corrected chi connectivity index (χ2v) is 5.34. The highest BCUT2D eigenvalue weighted by molar-refractivity contribution is 5.85. The molecule has 0 aliphatic rings. The summed E-state index contributed by atoms with van der Waals surface area (Å²) in [4.78, 5) is 2.05. The number of nitrogens with zero attached hydrogens (tertiary/aromatic N) is 2. The molecule has 6 nitrogen and oxygen atoms in total. The van der Waals surface area contributed by atoms with Crippen LogP contribution in [0.4, 0.5) is 0 Å². The molecule has 108 valence electrons. The molecular formula is C12H27N3O3. The van der Waals surface area contributed by atoms with E-state index < -0.39 is 6.10 Å². The highest BCUT2D eigenvalue weighted by Gasteiger charge is 2.23. The highest BCUT2D eigenvalue weighted by atomic mass is 16.5. The minimum Gasteiger partial charge on any atom is -0.409 e. The molecule has 6 heteroatoms. The van der Waals surface area contributed by atoms with Gasteiger partial charge in [0.05, 0.1) is 12.7 Å². The first-order valence-corrected chi connectivity index (χ1v) is 6.17. The maximum Gasteiger partial charge on any atom is 0.144 e. The van der Waals surface area contributed by atoms with Gasteiger partial charge in [-0.15, -0.1) is 0 Å².